The van der Waals surface area contributed by atoms with E-state index >= 15 is 0 Å². The lowest BCUT2D eigenvalue weighted by atomic mass is 10.2. The van der Waals surface area contributed by atoms with Crippen LogP contribution >= 0.6 is 11.8 Å². The molecule has 0 aromatic carbocycles. The van der Waals surface area contributed by atoms with E-state index in [9.17, 15) is 14.4 Å². The number of carboxylic acids is 1. The second kappa shape index (κ2) is 10.3. The van der Waals surface area contributed by atoms with Gasteiger partial charge in [0.2, 0.25) is 6.29 Å². The Morgan fingerprint density at radius 3 is 2.14 bits per heavy atom. The lowest BCUT2D eigenvalue weighted by Crippen LogP contribution is -2.37. The first-order chi connectivity index (χ1) is 10.1. The summed E-state index contributed by atoms with van der Waals surface area (Å²) in [4.78, 5) is 34.0. The van der Waals surface area contributed by atoms with E-state index in [4.69, 9.17) is 14.6 Å². The molecule has 7 nitrogen and oxygen atoms in total. The van der Waals surface area contributed by atoms with E-state index in [-0.39, 0.29) is 12.5 Å². The van der Waals surface area contributed by atoms with Crippen LogP contribution in [-0.2, 0) is 19.1 Å². The van der Waals surface area contributed by atoms with E-state index in [2.05, 4.69) is 5.32 Å². The van der Waals surface area contributed by atoms with Crippen molar-refractivity contribution >= 4 is 29.8 Å². The zero-order valence-corrected chi connectivity index (χ0v) is 14.4. The highest BCUT2D eigenvalue weighted by molar-refractivity contribution is 8.00. The second-order valence-electron chi connectivity index (χ2n) is 5.50. The normalized spacial score (nSPS) is 13.6. The molecule has 2 N–H and O–H groups in total. The van der Waals surface area contributed by atoms with E-state index in [0.29, 0.717) is 11.7 Å². The SMILES string of the molecule is CC(C)CS[C@@H](CNC(=O)O[C@H](C)OC(=O)C(C)C)C(=O)O. The number of carboxylic acid groups (broad SMARTS) is 1. The van der Waals surface area contributed by atoms with Gasteiger partial charge in [0.15, 0.2) is 0 Å². The van der Waals surface area contributed by atoms with Crippen molar-refractivity contribution in [2.45, 2.75) is 46.2 Å². The zero-order valence-electron chi connectivity index (χ0n) is 13.6. The fourth-order valence-electron chi connectivity index (χ4n) is 1.22. The highest BCUT2D eigenvalue weighted by Crippen LogP contribution is 2.14. The van der Waals surface area contributed by atoms with Crippen LogP contribution in [0.5, 0.6) is 0 Å². The number of ether oxygens (including phenoxy) is 2. The first-order valence-corrected chi connectivity index (χ1v) is 8.17. The van der Waals surface area contributed by atoms with Crippen LogP contribution < -0.4 is 5.32 Å². The number of nitrogens with one attached hydrogen (secondary N) is 1. The molecule has 0 aliphatic heterocycles. The molecule has 0 spiro atoms. The maximum Gasteiger partial charge on any atom is 0.410 e. The van der Waals surface area contributed by atoms with Crippen molar-refractivity contribution in [3.63, 3.8) is 0 Å². The van der Waals surface area contributed by atoms with Gasteiger partial charge in [-0.1, -0.05) is 27.7 Å². The molecule has 0 unspecified atom stereocenters. The lowest BCUT2D eigenvalue weighted by Gasteiger charge is -2.17. The molecular weight excluding hydrogens is 310 g/mol. The third kappa shape index (κ3) is 9.49. The number of rotatable bonds is 9. The summed E-state index contributed by atoms with van der Waals surface area (Å²) in [5, 5.41) is 10.7. The van der Waals surface area contributed by atoms with Gasteiger partial charge in [0.05, 0.1) is 5.92 Å². The summed E-state index contributed by atoms with van der Waals surface area (Å²) in [6.07, 6.45) is -1.85. The van der Waals surface area contributed by atoms with E-state index in [0.717, 1.165) is 0 Å². The molecular formula is C14H25NO6S. The van der Waals surface area contributed by atoms with Gasteiger partial charge < -0.3 is 19.9 Å². The Hall–Kier alpha value is -1.44. The molecule has 0 aliphatic carbocycles. The predicted octanol–water partition coefficient (Wildman–Crippen LogP) is 2.10. The summed E-state index contributed by atoms with van der Waals surface area (Å²) >= 11 is 1.26. The molecule has 22 heavy (non-hydrogen) atoms. The minimum atomic E-state index is -1.03. The van der Waals surface area contributed by atoms with Crippen molar-refractivity contribution in [1.82, 2.24) is 5.32 Å². The van der Waals surface area contributed by atoms with Crippen molar-refractivity contribution in [2.24, 2.45) is 11.8 Å². The number of amides is 1. The highest BCUT2D eigenvalue weighted by atomic mass is 32.2. The van der Waals surface area contributed by atoms with Crippen molar-refractivity contribution in [3.8, 4) is 0 Å². The quantitative estimate of drug-likeness (QED) is 0.491. The first kappa shape index (κ1) is 20.6. The number of carbonyl (C=O) groups is 3. The summed E-state index contributed by atoms with van der Waals surface area (Å²) in [5.41, 5.74) is 0. The Morgan fingerprint density at radius 2 is 1.68 bits per heavy atom. The van der Waals surface area contributed by atoms with Gasteiger partial charge in [0, 0.05) is 13.5 Å². The van der Waals surface area contributed by atoms with Crippen molar-refractivity contribution in [2.75, 3.05) is 12.3 Å². The maximum atomic E-state index is 11.5. The Labute approximate surface area is 135 Å². The zero-order chi connectivity index (χ0) is 17.3. The van der Waals surface area contributed by atoms with Crippen LogP contribution in [0, 0.1) is 11.8 Å². The molecule has 0 heterocycles. The molecule has 128 valence electrons. The number of alkyl carbamates (subject to hydrolysis) is 1. The van der Waals surface area contributed by atoms with E-state index in [1.807, 2.05) is 13.8 Å². The Kier molecular flexibility index (Phi) is 9.64. The fraction of sp³-hybridized carbons (Fsp3) is 0.786. The number of hydrogen-bond acceptors (Lipinski definition) is 6. The van der Waals surface area contributed by atoms with Crippen LogP contribution in [0.15, 0.2) is 0 Å². The smallest absolute Gasteiger partial charge is 0.410 e. The molecule has 0 aromatic rings. The third-order valence-electron chi connectivity index (χ3n) is 2.36. The van der Waals surface area contributed by atoms with Gasteiger partial charge in [-0.25, -0.2) is 4.79 Å². The summed E-state index contributed by atoms with van der Waals surface area (Å²) in [6.45, 7) is 8.66. The molecule has 0 aliphatic rings. The molecule has 0 radical (unpaired) electrons. The minimum absolute atomic E-state index is 0.0591. The maximum absolute atomic E-state index is 11.5. The van der Waals surface area contributed by atoms with E-state index in [1.165, 1.54) is 18.7 Å². The summed E-state index contributed by atoms with van der Waals surface area (Å²) in [5.74, 6) is -0.760. The Balaban J connectivity index is 4.18. The molecule has 0 bridgehead atoms. The molecule has 0 fully saturated rings. The fourth-order valence-corrected chi connectivity index (χ4v) is 2.18. The largest absolute Gasteiger partial charge is 0.480 e. The summed E-state index contributed by atoms with van der Waals surface area (Å²) in [7, 11) is 0. The average Bonchev–Trinajstić information content (AvgIpc) is 2.37. The van der Waals surface area contributed by atoms with Gasteiger partial charge >= 0.3 is 18.0 Å². The molecule has 0 aromatic heterocycles. The van der Waals surface area contributed by atoms with Crippen molar-refractivity contribution < 1.29 is 29.0 Å². The number of aliphatic carboxylic acids is 1. The molecule has 0 saturated heterocycles. The monoisotopic (exact) mass is 335 g/mol. The van der Waals surface area contributed by atoms with Crippen LogP contribution in [-0.4, -0.2) is 47.0 Å². The molecule has 8 heteroatoms. The standard InChI is InChI=1S/C14H25NO6S/c1-8(2)7-22-11(12(16)17)6-15-14(19)21-10(5)20-13(18)9(3)4/h8-11H,6-7H2,1-5H3,(H,15,19)(H,16,17)/t10-,11+/m1/s1. The first-order valence-electron chi connectivity index (χ1n) is 7.12. The van der Waals surface area contributed by atoms with Gasteiger partial charge in [-0.15, -0.1) is 11.8 Å². The van der Waals surface area contributed by atoms with E-state index in [1.54, 1.807) is 13.8 Å². The summed E-state index contributed by atoms with van der Waals surface area (Å²) in [6, 6.07) is 0. The predicted molar refractivity (Wildman–Crippen MR) is 83.6 cm³/mol. The topological polar surface area (TPSA) is 102 Å². The van der Waals surface area contributed by atoms with Crippen LogP contribution in [0.25, 0.3) is 0 Å². The number of carbonyl (C=O) groups excluding carboxylic acids is 2. The van der Waals surface area contributed by atoms with Crippen LogP contribution in [0.4, 0.5) is 4.79 Å². The highest BCUT2D eigenvalue weighted by Gasteiger charge is 2.21. The van der Waals surface area contributed by atoms with Crippen LogP contribution in [0.2, 0.25) is 0 Å². The Bertz CT molecular complexity index is 386. The molecule has 1 amide bonds. The molecule has 0 rings (SSSR count). The van der Waals surface area contributed by atoms with Gasteiger partial charge in [-0.2, -0.15) is 0 Å². The lowest BCUT2D eigenvalue weighted by molar-refractivity contribution is -0.168. The summed E-state index contributed by atoms with van der Waals surface area (Å²) < 4.78 is 9.70. The minimum Gasteiger partial charge on any atom is -0.480 e. The number of esters is 1. The molecule has 2 atom stereocenters. The van der Waals surface area contributed by atoms with Gasteiger partial charge in [0.1, 0.15) is 5.25 Å². The Morgan fingerprint density at radius 1 is 1.09 bits per heavy atom. The van der Waals surface area contributed by atoms with Gasteiger partial charge in [0.25, 0.3) is 0 Å². The average molecular weight is 335 g/mol. The van der Waals surface area contributed by atoms with Crippen LogP contribution in [0.1, 0.15) is 34.6 Å². The molecule has 0 saturated carbocycles. The van der Waals surface area contributed by atoms with Crippen molar-refractivity contribution in [3.05, 3.63) is 0 Å². The van der Waals surface area contributed by atoms with E-state index < -0.39 is 29.6 Å². The second-order valence-corrected chi connectivity index (χ2v) is 6.74. The van der Waals surface area contributed by atoms with Gasteiger partial charge in [-0.3, -0.25) is 9.59 Å². The van der Waals surface area contributed by atoms with Crippen molar-refractivity contribution in [1.29, 1.82) is 0 Å². The van der Waals surface area contributed by atoms with Gasteiger partial charge in [-0.05, 0) is 11.7 Å². The third-order valence-corrected chi connectivity index (χ3v) is 3.99. The number of thioether (sulfide) groups is 1. The van der Waals surface area contributed by atoms with Crippen LogP contribution in [0.3, 0.4) is 0 Å². The number of hydrogen-bond donors (Lipinski definition) is 2.